The molecule has 2 aromatic rings. The largest absolute Gasteiger partial charge is 0.321 e. The van der Waals surface area contributed by atoms with Gasteiger partial charge in [-0.15, -0.1) is 0 Å². The highest BCUT2D eigenvalue weighted by Crippen LogP contribution is 2.33. The fourth-order valence-corrected chi connectivity index (χ4v) is 3.39. The maximum atomic E-state index is 4.84. The van der Waals surface area contributed by atoms with Gasteiger partial charge in [0.15, 0.2) is 5.13 Å². The summed E-state index contributed by atoms with van der Waals surface area (Å²) in [6, 6.07) is 8.52. The summed E-state index contributed by atoms with van der Waals surface area (Å²) in [5.41, 5.74) is 3.66. The van der Waals surface area contributed by atoms with Crippen LogP contribution in [0, 0.1) is 6.92 Å². The van der Waals surface area contributed by atoms with Crippen LogP contribution in [0.5, 0.6) is 0 Å². The van der Waals surface area contributed by atoms with Crippen LogP contribution in [0.15, 0.2) is 24.3 Å². The number of hydrogen-bond acceptors (Lipinski definition) is 4. The molecular formula is C16H23N3S. The predicted molar refractivity (Wildman–Crippen MR) is 88.2 cm³/mol. The number of rotatable bonds is 5. The number of hydrogen-bond donors (Lipinski definition) is 1. The van der Waals surface area contributed by atoms with Crippen molar-refractivity contribution in [1.29, 1.82) is 0 Å². The number of aryl methyl sites for hydroxylation is 1. The van der Waals surface area contributed by atoms with E-state index in [1.165, 1.54) is 21.8 Å². The van der Waals surface area contributed by atoms with Gasteiger partial charge in [0.25, 0.3) is 0 Å². The number of aromatic nitrogens is 1. The van der Waals surface area contributed by atoms with E-state index >= 15 is 0 Å². The lowest BCUT2D eigenvalue weighted by molar-refractivity contribution is 0.770. The van der Waals surface area contributed by atoms with E-state index in [0.717, 1.165) is 11.7 Å². The average molecular weight is 289 g/mol. The van der Waals surface area contributed by atoms with Crippen LogP contribution in [-0.4, -0.2) is 19.1 Å². The molecule has 1 heterocycles. The molecule has 0 saturated carbocycles. The molecule has 1 N–H and O–H groups in total. The first-order chi connectivity index (χ1) is 9.52. The van der Waals surface area contributed by atoms with Gasteiger partial charge in [-0.3, -0.25) is 0 Å². The summed E-state index contributed by atoms with van der Waals surface area (Å²) in [5, 5.41) is 4.29. The lowest BCUT2D eigenvalue weighted by Crippen LogP contribution is -2.09. The Bertz CT molecular complexity index is 575. The summed E-state index contributed by atoms with van der Waals surface area (Å²) >= 11 is 1.77. The zero-order valence-corrected chi connectivity index (χ0v) is 13.7. The molecule has 0 saturated heterocycles. The Morgan fingerprint density at radius 3 is 2.70 bits per heavy atom. The van der Waals surface area contributed by atoms with Crippen molar-refractivity contribution in [2.75, 3.05) is 19.0 Å². The Balaban J connectivity index is 2.34. The van der Waals surface area contributed by atoms with E-state index in [4.69, 9.17) is 4.98 Å². The molecule has 0 spiro atoms. The highest BCUT2D eigenvalue weighted by atomic mass is 32.1. The van der Waals surface area contributed by atoms with E-state index < -0.39 is 0 Å². The first kappa shape index (κ1) is 15.0. The number of anilines is 2. The van der Waals surface area contributed by atoms with Crippen molar-refractivity contribution in [3.63, 3.8) is 0 Å². The maximum absolute atomic E-state index is 4.84. The van der Waals surface area contributed by atoms with Crippen molar-refractivity contribution in [3.8, 4) is 0 Å². The lowest BCUT2D eigenvalue weighted by atomic mass is 10.1. The smallest absolute Gasteiger partial charge is 0.190 e. The third-order valence-electron chi connectivity index (χ3n) is 3.28. The van der Waals surface area contributed by atoms with E-state index in [0.29, 0.717) is 5.92 Å². The molecule has 3 nitrogen and oxygen atoms in total. The quantitative estimate of drug-likeness (QED) is 0.899. The Hall–Kier alpha value is -1.39. The van der Waals surface area contributed by atoms with Crippen molar-refractivity contribution >= 4 is 22.2 Å². The summed E-state index contributed by atoms with van der Waals surface area (Å²) in [6.45, 7) is 7.40. The van der Waals surface area contributed by atoms with E-state index in [2.05, 4.69) is 62.3 Å². The van der Waals surface area contributed by atoms with Crippen molar-refractivity contribution in [3.05, 3.63) is 40.4 Å². The number of nitrogens with zero attached hydrogens (tertiary/aromatic N) is 2. The molecule has 0 fully saturated rings. The van der Waals surface area contributed by atoms with Gasteiger partial charge in [-0.2, -0.15) is 0 Å². The number of nitrogens with one attached hydrogen (secondary N) is 1. The minimum atomic E-state index is 0.453. The minimum absolute atomic E-state index is 0.453. The second kappa shape index (κ2) is 6.37. The third kappa shape index (κ3) is 3.19. The third-order valence-corrected chi connectivity index (χ3v) is 4.42. The molecule has 1 aromatic carbocycles. The second-order valence-corrected chi connectivity index (χ2v) is 6.45. The Kier molecular flexibility index (Phi) is 4.78. The molecule has 20 heavy (non-hydrogen) atoms. The van der Waals surface area contributed by atoms with Crippen LogP contribution in [0.25, 0.3) is 0 Å². The van der Waals surface area contributed by atoms with Gasteiger partial charge < -0.3 is 10.2 Å². The molecule has 0 amide bonds. The SMILES string of the molecule is CNCc1sc(N(C)c2cccc(C)c2)nc1C(C)C. The van der Waals surface area contributed by atoms with E-state index in [9.17, 15) is 0 Å². The van der Waals surface area contributed by atoms with Crippen molar-refractivity contribution in [1.82, 2.24) is 10.3 Å². The summed E-state index contributed by atoms with van der Waals surface area (Å²) in [4.78, 5) is 8.34. The molecule has 0 unspecified atom stereocenters. The van der Waals surface area contributed by atoms with Crippen LogP contribution in [0.3, 0.4) is 0 Å². The molecule has 0 aliphatic carbocycles. The summed E-state index contributed by atoms with van der Waals surface area (Å²) in [7, 11) is 4.06. The van der Waals surface area contributed by atoms with Gasteiger partial charge in [0.2, 0.25) is 0 Å². The fraction of sp³-hybridized carbons (Fsp3) is 0.438. The van der Waals surface area contributed by atoms with Crippen LogP contribution in [0.4, 0.5) is 10.8 Å². The Labute approximate surface area is 125 Å². The van der Waals surface area contributed by atoms with Crippen LogP contribution in [0.2, 0.25) is 0 Å². The van der Waals surface area contributed by atoms with Crippen LogP contribution < -0.4 is 10.2 Å². The van der Waals surface area contributed by atoms with Gasteiger partial charge >= 0.3 is 0 Å². The second-order valence-electron chi connectivity index (χ2n) is 5.39. The molecule has 2 rings (SSSR count). The first-order valence-corrected chi connectivity index (χ1v) is 7.79. The van der Waals surface area contributed by atoms with Gasteiger partial charge in [0, 0.05) is 24.2 Å². The molecule has 1 aromatic heterocycles. The van der Waals surface area contributed by atoms with Crippen molar-refractivity contribution < 1.29 is 0 Å². The topological polar surface area (TPSA) is 28.2 Å². The monoisotopic (exact) mass is 289 g/mol. The molecule has 0 aliphatic heterocycles. The first-order valence-electron chi connectivity index (χ1n) is 6.97. The van der Waals surface area contributed by atoms with Crippen LogP contribution >= 0.6 is 11.3 Å². The zero-order chi connectivity index (χ0) is 14.7. The van der Waals surface area contributed by atoms with Crippen LogP contribution in [-0.2, 0) is 6.54 Å². The van der Waals surface area contributed by atoms with Crippen LogP contribution in [0.1, 0.15) is 35.9 Å². The van der Waals surface area contributed by atoms with Gasteiger partial charge in [0.1, 0.15) is 0 Å². The lowest BCUT2D eigenvalue weighted by Gasteiger charge is -2.16. The van der Waals surface area contributed by atoms with Gasteiger partial charge in [-0.25, -0.2) is 4.98 Å². The minimum Gasteiger partial charge on any atom is -0.321 e. The summed E-state index contributed by atoms with van der Waals surface area (Å²) in [6.07, 6.45) is 0. The molecule has 108 valence electrons. The average Bonchev–Trinajstić information content (AvgIpc) is 2.82. The summed E-state index contributed by atoms with van der Waals surface area (Å²) < 4.78 is 0. The zero-order valence-electron chi connectivity index (χ0n) is 12.9. The Morgan fingerprint density at radius 2 is 2.10 bits per heavy atom. The van der Waals surface area contributed by atoms with E-state index in [1.807, 2.05) is 7.05 Å². The van der Waals surface area contributed by atoms with Gasteiger partial charge in [-0.05, 0) is 37.6 Å². The fourth-order valence-electron chi connectivity index (χ4n) is 2.18. The van der Waals surface area contributed by atoms with Crippen molar-refractivity contribution in [2.45, 2.75) is 33.2 Å². The van der Waals surface area contributed by atoms with Crippen molar-refractivity contribution in [2.24, 2.45) is 0 Å². The molecule has 0 radical (unpaired) electrons. The molecule has 0 bridgehead atoms. The molecular weight excluding hydrogens is 266 g/mol. The standard InChI is InChI=1S/C16H23N3S/c1-11(2)15-14(10-17-4)20-16(18-15)19(5)13-8-6-7-12(3)9-13/h6-9,11,17H,10H2,1-5H3. The number of thiazole rings is 1. The van der Waals surface area contributed by atoms with Gasteiger partial charge in [-0.1, -0.05) is 37.3 Å². The maximum Gasteiger partial charge on any atom is 0.190 e. The highest BCUT2D eigenvalue weighted by molar-refractivity contribution is 7.15. The number of benzene rings is 1. The molecule has 0 atom stereocenters. The van der Waals surface area contributed by atoms with E-state index in [-0.39, 0.29) is 0 Å². The highest BCUT2D eigenvalue weighted by Gasteiger charge is 2.16. The van der Waals surface area contributed by atoms with Gasteiger partial charge in [0.05, 0.1) is 5.69 Å². The predicted octanol–water partition coefficient (Wildman–Crippen LogP) is 4.06. The Morgan fingerprint density at radius 1 is 1.35 bits per heavy atom. The molecule has 4 heteroatoms. The normalized spacial score (nSPS) is 11.1. The van der Waals surface area contributed by atoms with E-state index in [1.54, 1.807) is 11.3 Å². The summed E-state index contributed by atoms with van der Waals surface area (Å²) in [5.74, 6) is 0.453. The molecule has 0 aliphatic rings.